The predicted molar refractivity (Wildman–Crippen MR) is 61.6 cm³/mol. The highest BCUT2D eigenvalue weighted by Gasteiger charge is 2.03. The molecule has 5 heteroatoms. The number of hydrogen-bond donors (Lipinski definition) is 2. The third-order valence-corrected chi connectivity index (χ3v) is 2.35. The van der Waals surface area contributed by atoms with Crippen LogP contribution in [0.2, 0.25) is 0 Å². The van der Waals surface area contributed by atoms with E-state index in [1.165, 1.54) is 4.57 Å². The third-order valence-electron chi connectivity index (χ3n) is 2.35. The summed E-state index contributed by atoms with van der Waals surface area (Å²) in [6, 6.07) is 9.11. The number of nitrogens with zero attached hydrogens (tertiary/aromatic N) is 2. The molecule has 0 saturated carbocycles. The molecule has 0 atom stereocenters. The average Bonchev–Trinajstić information content (AvgIpc) is 2.33. The van der Waals surface area contributed by atoms with E-state index in [1.54, 1.807) is 18.3 Å². The second-order valence-electron chi connectivity index (χ2n) is 3.43. The molecule has 2 rings (SSSR count). The summed E-state index contributed by atoms with van der Waals surface area (Å²) in [6.07, 6.45) is 1.63. The molecule has 1 aromatic carbocycles. The van der Waals surface area contributed by atoms with Gasteiger partial charge in [0.1, 0.15) is 0 Å². The van der Waals surface area contributed by atoms with Gasteiger partial charge in [-0.1, -0.05) is 23.4 Å². The third kappa shape index (κ3) is 1.75. The van der Waals surface area contributed by atoms with Crippen LogP contribution in [0.3, 0.4) is 0 Å². The predicted octanol–water partition coefficient (Wildman–Crippen LogP) is 0.748. The van der Waals surface area contributed by atoms with E-state index in [2.05, 4.69) is 5.16 Å². The van der Waals surface area contributed by atoms with Gasteiger partial charge in [-0.25, -0.2) is 0 Å². The Morgan fingerprint density at radius 2 is 2.12 bits per heavy atom. The van der Waals surface area contributed by atoms with Crippen molar-refractivity contribution in [1.82, 2.24) is 4.57 Å². The Hall–Kier alpha value is -2.30. The zero-order valence-electron chi connectivity index (χ0n) is 8.50. The summed E-state index contributed by atoms with van der Waals surface area (Å²) in [4.78, 5) is 12.0. The first kappa shape index (κ1) is 10.2. The van der Waals surface area contributed by atoms with Gasteiger partial charge in [0.05, 0.1) is 6.54 Å². The van der Waals surface area contributed by atoms with Crippen molar-refractivity contribution in [3.8, 4) is 0 Å². The molecular formula is C11H11N3O2. The number of nitrogens with two attached hydrogens (primary N) is 1. The van der Waals surface area contributed by atoms with E-state index >= 15 is 0 Å². The number of amidine groups is 1. The van der Waals surface area contributed by atoms with Crippen LogP contribution in [0.4, 0.5) is 0 Å². The first-order valence-corrected chi connectivity index (χ1v) is 4.77. The lowest BCUT2D eigenvalue weighted by atomic mass is 10.2. The Morgan fingerprint density at radius 3 is 2.88 bits per heavy atom. The zero-order valence-corrected chi connectivity index (χ0v) is 8.50. The minimum Gasteiger partial charge on any atom is -0.409 e. The first-order chi connectivity index (χ1) is 7.72. The number of rotatable bonds is 2. The van der Waals surface area contributed by atoms with E-state index in [1.807, 2.05) is 18.2 Å². The van der Waals surface area contributed by atoms with Crippen molar-refractivity contribution in [2.24, 2.45) is 10.9 Å². The van der Waals surface area contributed by atoms with Crippen LogP contribution in [0, 0.1) is 0 Å². The van der Waals surface area contributed by atoms with E-state index in [9.17, 15) is 4.79 Å². The highest BCUT2D eigenvalue weighted by Crippen LogP contribution is 2.07. The van der Waals surface area contributed by atoms with Crippen molar-refractivity contribution in [3.05, 3.63) is 46.9 Å². The summed E-state index contributed by atoms with van der Waals surface area (Å²) in [5, 5.41) is 12.8. The van der Waals surface area contributed by atoms with Crippen molar-refractivity contribution in [1.29, 1.82) is 0 Å². The van der Waals surface area contributed by atoms with Crippen LogP contribution in [0.25, 0.3) is 10.8 Å². The second kappa shape index (κ2) is 4.06. The van der Waals surface area contributed by atoms with E-state index in [4.69, 9.17) is 10.9 Å². The minimum atomic E-state index is -0.148. The lowest BCUT2D eigenvalue weighted by Gasteiger charge is -2.05. The summed E-state index contributed by atoms with van der Waals surface area (Å²) in [7, 11) is 0. The van der Waals surface area contributed by atoms with Crippen LogP contribution in [0.5, 0.6) is 0 Å². The lowest BCUT2D eigenvalue weighted by Crippen LogP contribution is -2.27. The Labute approximate surface area is 91.4 Å². The molecule has 16 heavy (non-hydrogen) atoms. The van der Waals surface area contributed by atoms with Gasteiger partial charge in [0.2, 0.25) is 0 Å². The van der Waals surface area contributed by atoms with Crippen LogP contribution in [-0.2, 0) is 6.54 Å². The molecule has 0 aliphatic rings. The van der Waals surface area contributed by atoms with Crippen molar-refractivity contribution >= 4 is 16.6 Å². The maximum atomic E-state index is 12.0. The highest BCUT2D eigenvalue weighted by atomic mass is 16.4. The van der Waals surface area contributed by atoms with Gasteiger partial charge in [-0.2, -0.15) is 0 Å². The lowest BCUT2D eigenvalue weighted by molar-refractivity contribution is 0.316. The second-order valence-corrected chi connectivity index (χ2v) is 3.43. The molecule has 1 heterocycles. The van der Waals surface area contributed by atoms with Gasteiger partial charge in [0.15, 0.2) is 5.84 Å². The summed E-state index contributed by atoms with van der Waals surface area (Å²) in [5.74, 6) is -0.00242. The van der Waals surface area contributed by atoms with Gasteiger partial charge in [-0.3, -0.25) is 4.79 Å². The van der Waals surface area contributed by atoms with Gasteiger partial charge in [0.25, 0.3) is 5.56 Å². The molecule has 1 aromatic heterocycles. The summed E-state index contributed by atoms with van der Waals surface area (Å²) in [6.45, 7) is 0.0835. The van der Waals surface area contributed by atoms with E-state index < -0.39 is 0 Å². The van der Waals surface area contributed by atoms with Gasteiger partial charge >= 0.3 is 0 Å². The molecule has 0 radical (unpaired) electrons. The monoisotopic (exact) mass is 217 g/mol. The van der Waals surface area contributed by atoms with Crippen LogP contribution < -0.4 is 11.3 Å². The summed E-state index contributed by atoms with van der Waals surface area (Å²) >= 11 is 0. The maximum Gasteiger partial charge on any atom is 0.258 e. The van der Waals surface area contributed by atoms with Crippen molar-refractivity contribution in [3.63, 3.8) is 0 Å². The molecule has 0 bridgehead atoms. The van der Waals surface area contributed by atoms with Crippen molar-refractivity contribution in [2.45, 2.75) is 6.54 Å². The molecule has 3 N–H and O–H groups in total. The maximum absolute atomic E-state index is 12.0. The van der Waals surface area contributed by atoms with Crippen molar-refractivity contribution in [2.75, 3.05) is 0 Å². The largest absolute Gasteiger partial charge is 0.409 e. The smallest absolute Gasteiger partial charge is 0.258 e. The SMILES string of the molecule is N/C(Cn1ccc2ccccc2c1=O)=N\O. The molecule has 82 valence electrons. The van der Waals surface area contributed by atoms with Gasteiger partial charge in [-0.15, -0.1) is 0 Å². The molecule has 0 aliphatic heterocycles. The first-order valence-electron chi connectivity index (χ1n) is 4.77. The topological polar surface area (TPSA) is 80.6 Å². The minimum absolute atomic E-state index is 0.00242. The normalized spacial score (nSPS) is 11.9. The summed E-state index contributed by atoms with van der Waals surface area (Å²) in [5.41, 5.74) is 5.21. The van der Waals surface area contributed by atoms with Crippen LogP contribution >= 0.6 is 0 Å². The molecule has 0 unspecified atom stereocenters. The number of oxime groups is 1. The molecule has 2 aromatic rings. The molecule has 0 amide bonds. The Morgan fingerprint density at radius 1 is 1.38 bits per heavy atom. The number of pyridine rings is 1. The van der Waals surface area contributed by atoms with E-state index in [-0.39, 0.29) is 17.9 Å². The molecule has 0 saturated heterocycles. The Bertz CT molecular complexity index is 601. The zero-order chi connectivity index (χ0) is 11.5. The van der Waals surface area contributed by atoms with Crippen LogP contribution in [-0.4, -0.2) is 15.6 Å². The van der Waals surface area contributed by atoms with Gasteiger partial charge < -0.3 is 15.5 Å². The average molecular weight is 217 g/mol. The van der Waals surface area contributed by atoms with Crippen LogP contribution in [0.15, 0.2) is 46.5 Å². The van der Waals surface area contributed by atoms with Gasteiger partial charge in [-0.05, 0) is 17.5 Å². The van der Waals surface area contributed by atoms with E-state index in [0.717, 1.165) is 5.39 Å². The van der Waals surface area contributed by atoms with E-state index in [0.29, 0.717) is 5.39 Å². The van der Waals surface area contributed by atoms with Crippen LogP contribution in [0.1, 0.15) is 0 Å². The fourth-order valence-corrected chi connectivity index (χ4v) is 1.56. The Kier molecular flexibility index (Phi) is 2.59. The quantitative estimate of drug-likeness (QED) is 0.337. The molecule has 0 spiro atoms. The summed E-state index contributed by atoms with van der Waals surface area (Å²) < 4.78 is 1.40. The molecule has 5 nitrogen and oxygen atoms in total. The number of aromatic nitrogens is 1. The molecule has 0 fully saturated rings. The standard InChI is InChI=1S/C11H11N3O2/c12-10(13-16)7-14-6-5-8-3-1-2-4-9(8)11(14)15/h1-6,16H,7H2,(H2,12,13). The fourth-order valence-electron chi connectivity index (χ4n) is 1.56. The molecule has 0 aliphatic carbocycles. The number of fused-ring (bicyclic) bond motifs is 1. The van der Waals surface area contributed by atoms with Gasteiger partial charge in [0, 0.05) is 11.6 Å². The fraction of sp³-hybridized carbons (Fsp3) is 0.0909. The molecular weight excluding hydrogens is 206 g/mol. The number of benzene rings is 1. The number of hydrogen-bond acceptors (Lipinski definition) is 3. The highest BCUT2D eigenvalue weighted by molar-refractivity contribution is 5.82. The van der Waals surface area contributed by atoms with Crippen molar-refractivity contribution < 1.29 is 5.21 Å². The Balaban J connectivity index is 2.57.